The molecule has 0 spiro atoms. The van der Waals surface area contributed by atoms with E-state index < -0.39 is 11.5 Å². The predicted molar refractivity (Wildman–Crippen MR) is 65.5 cm³/mol. The lowest BCUT2D eigenvalue weighted by Gasteiger charge is -2.20. The molecule has 4 heteroatoms. The van der Waals surface area contributed by atoms with Gasteiger partial charge in [0.25, 0.3) is 0 Å². The number of aliphatic hydroxyl groups is 1. The summed E-state index contributed by atoms with van der Waals surface area (Å²) in [6, 6.07) is 3.63. The van der Waals surface area contributed by atoms with Crippen LogP contribution in [-0.4, -0.2) is 20.9 Å². The van der Waals surface area contributed by atoms with Crippen molar-refractivity contribution in [2.75, 3.05) is 0 Å². The molecule has 0 bridgehead atoms. The summed E-state index contributed by atoms with van der Waals surface area (Å²) in [7, 11) is 0. The van der Waals surface area contributed by atoms with E-state index in [1.165, 1.54) is 0 Å². The summed E-state index contributed by atoms with van der Waals surface area (Å²) in [5, 5.41) is 10.9. The van der Waals surface area contributed by atoms with Gasteiger partial charge in [-0.3, -0.25) is 4.79 Å². The molecule has 0 radical (unpaired) electrons. The Labute approximate surface area is 99.7 Å². The van der Waals surface area contributed by atoms with Crippen LogP contribution in [0.15, 0.2) is 24.5 Å². The maximum Gasteiger partial charge on any atom is 0.171 e. The molecule has 0 aliphatic heterocycles. The van der Waals surface area contributed by atoms with E-state index in [9.17, 15) is 9.90 Å². The van der Waals surface area contributed by atoms with Gasteiger partial charge in [-0.15, -0.1) is 0 Å². The number of ketones is 1. The molecule has 0 saturated heterocycles. The van der Waals surface area contributed by atoms with E-state index in [0.29, 0.717) is 11.2 Å². The number of nitrogens with zero attached hydrogens (tertiary/aromatic N) is 1. The van der Waals surface area contributed by atoms with Gasteiger partial charge in [-0.25, -0.2) is 4.98 Å². The van der Waals surface area contributed by atoms with Gasteiger partial charge in [0.2, 0.25) is 0 Å². The summed E-state index contributed by atoms with van der Waals surface area (Å²) in [5.74, 6) is -0.192. The molecule has 0 fully saturated rings. The fourth-order valence-electron chi connectivity index (χ4n) is 1.75. The molecular formula is C13H16N2O2. The van der Waals surface area contributed by atoms with E-state index in [0.717, 1.165) is 5.39 Å². The molecule has 17 heavy (non-hydrogen) atoms. The highest BCUT2D eigenvalue weighted by Gasteiger charge is 2.30. The van der Waals surface area contributed by atoms with Crippen molar-refractivity contribution in [3.63, 3.8) is 0 Å². The number of hydrogen-bond acceptors (Lipinski definition) is 3. The van der Waals surface area contributed by atoms with Gasteiger partial charge in [0.1, 0.15) is 11.8 Å². The van der Waals surface area contributed by atoms with Crippen LogP contribution in [0.1, 0.15) is 32.4 Å². The van der Waals surface area contributed by atoms with Crippen LogP contribution < -0.4 is 0 Å². The van der Waals surface area contributed by atoms with Gasteiger partial charge < -0.3 is 10.1 Å². The Kier molecular flexibility index (Phi) is 2.75. The van der Waals surface area contributed by atoms with Gasteiger partial charge >= 0.3 is 0 Å². The summed E-state index contributed by atoms with van der Waals surface area (Å²) in [5.41, 5.74) is 0.710. The Bertz CT molecular complexity index is 552. The Morgan fingerprint density at radius 2 is 2.18 bits per heavy atom. The highest BCUT2D eigenvalue weighted by molar-refractivity contribution is 5.93. The van der Waals surface area contributed by atoms with E-state index in [1.807, 2.05) is 6.07 Å². The van der Waals surface area contributed by atoms with Gasteiger partial charge in [-0.1, -0.05) is 20.8 Å². The Balaban J connectivity index is 2.44. The number of aliphatic hydroxyl groups excluding tert-OH is 1. The third kappa shape index (κ3) is 2.08. The molecule has 0 aliphatic rings. The van der Waals surface area contributed by atoms with E-state index in [4.69, 9.17) is 0 Å². The average molecular weight is 232 g/mol. The van der Waals surface area contributed by atoms with Crippen LogP contribution in [0.25, 0.3) is 11.0 Å². The lowest BCUT2D eigenvalue weighted by Crippen LogP contribution is -2.26. The zero-order chi connectivity index (χ0) is 12.6. The lowest BCUT2D eigenvalue weighted by molar-refractivity contribution is -0.135. The van der Waals surface area contributed by atoms with Gasteiger partial charge in [0.05, 0.1) is 0 Å². The number of aromatic amines is 1. The van der Waals surface area contributed by atoms with Crippen molar-refractivity contribution in [1.29, 1.82) is 0 Å². The molecule has 2 aromatic heterocycles. The second-order valence-electron chi connectivity index (χ2n) is 5.16. The average Bonchev–Trinajstić information content (AvgIpc) is 2.69. The zero-order valence-electron chi connectivity index (χ0n) is 10.2. The maximum absolute atomic E-state index is 12.0. The molecule has 1 unspecified atom stereocenters. The topological polar surface area (TPSA) is 66.0 Å². The largest absolute Gasteiger partial charge is 0.380 e. The number of aromatic nitrogens is 2. The van der Waals surface area contributed by atoms with Crippen LogP contribution in [-0.2, 0) is 4.79 Å². The van der Waals surface area contributed by atoms with Crippen molar-refractivity contribution in [2.24, 2.45) is 5.41 Å². The van der Waals surface area contributed by atoms with Crippen LogP contribution in [0.3, 0.4) is 0 Å². The van der Waals surface area contributed by atoms with Crippen LogP contribution in [0.2, 0.25) is 0 Å². The number of carbonyl (C=O) groups excluding carboxylic acids is 1. The quantitative estimate of drug-likeness (QED) is 0.834. The number of Topliss-reactive ketones (excluding diaryl/α,β-unsaturated/α-hetero) is 1. The minimum atomic E-state index is -1.10. The molecular weight excluding hydrogens is 216 g/mol. The van der Waals surface area contributed by atoms with Crippen LogP contribution >= 0.6 is 0 Å². The number of fused-ring (bicyclic) bond motifs is 1. The molecule has 4 nitrogen and oxygen atoms in total. The fourth-order valence-corrected chi connectivity index (χ4v) is 1.75. The van der Waals surface area contributed by atoms with E-state index in [1.54, 1.807) is 39.2 Å². The molecule has 0 aliphatic carbocycles. The van der Waals surface area contributed by atoms with Crippen molar-refractivity contribution < 1.29 is 9.90 Å². The molecule has 2 heterocycles. The van der Waals surface area contributed by atoms with Crippen molar-refractivity contribution in [2.45, 2.75) is 26.9 Å². The summed E-state index contributed by atoms with van der Waals surface area (Å²) >= 11 is 0. The summed E-state index contributed by atoms with van der Waals surface area (Å²) in [6.45, 7) is 5.39. The molecule has 2 N–H and O–H groups in total. The number of nitrogens with one attached hydrogen (secondary N) is 1. The van der Waals surface area contributed by atoms with Crippen molar-refractivity contribution in [3.05, 3.63) is 30.1 Å². The van der Waals surface area contributed by atoms with Gasteiger partial charge in [-0.05, 0) is 12.1 Å². The van der Waals surface area contributed by atoms with Gasteiger partial charge in [-0.2, -0.15) is 0 Å². The third-order valence-corrected chi connectivity index (χ3v) is 2.77. The second-order valence-corrected chi connectivity index (χ2v) is 5.16. The summed E-state index contributed by atoms with van der Waals surface area (Å²) in [6.07, 6.45) is 2.21. The number of carbonyl (C=O) groups is 1. The SMILES string of the molecule is CC(C)(C)C(=O)C(O)c1c[nH]c2ncccc12. The van der Waals surface area contributed by atoms with Crippen molar-refractivity contribution >= 4 is 16.8 Å². The van der Waals surface area contributed by atoms with E-state index in [-0.39, 0.29) is 5.78 Å². The monoisotopic (exact) mass is 232 g/mol. The number of hydrogen-bond donors (Lipinski definition) is 2. The van der Waals surface area contributed by atoms with E-state index in [2.05, 4.69) is 9.97 Å². The first kappa shape index (κ1) is 11.8. The smallest absolute Gasteiger partial charge is 0.171 e. The number of pyridine rings is 1. The summed E-state index contributed by atoms with van der Waals surface area (Å²) < 4.78 is 0. The first-order valence-corrected chi connectivity index (χ1v) is 5.55. The molecule has 0 amide bonds. The molecule has 2 rings (SSSR count). The van der Waals surface area contributed by atoms with Gasteiger partial charge in [0.15, 0.2) is 5.78 Å². The minimum Gasteiger partial charge on any atom is -0.380 e. The highest BCUT2D eigenvalue weighted by Crippen LogP contribution is 2.29. The number of rotatable bonds is 2. The van der Waals surface area contributed by atoms with Crippen molar-refractivity contribution in [3.8, 4) is 0 Å². The predicted octanol–water partition coefficient (Wildman–Crippen LogP) is 2.21. The third-order valence-electron chi connectivity index (χ3n) is 2.77. The molecule has 90 valence electrons. The minimum absolute atomic E-state index is 0.192. The van der Waals surface area contributed by atoms with Gasteiger partial charge in [0, 0.05) is 28.8 Å². The Hall–Kier alpha value is -1.68. The normalized spacial score (nSPS) is 13.9. The fraction of sp³-hybridized carbons (Fsp3) is 0.385. The lowest BCUT2D eigenvalue weighted by atomic mass is 9.85. The van der Waals surface area contributed by atoms with Crippen LogP contribution in [0, 0.1) is 5.41 Å². The van der Waals surface area contributed by atoms with Crippen molar-refractivity contribution in [1.82, 2.24) is 9.97 Å². The molecule has 0 saturated carbocycles. The van der Waals surface area contributed by atoms with E-state index >= 15 is 0 Å². The molecule has 1 atom stereocenters. The first-order valence-electron chi connectivity index (χ1n) is 5.55. The Morgan fingerprint density at radius 1 is 1.47 bits per heavy atom. The number of H-pyrrole nitrogens is 1. The summed E-state index contributed by atoms with van der Waals surface area (Å²) in [4.78, 5) is 19.1. The Morgan fingerprint density at radius 3 is 2.82 bits per heavy atom. The zero-order valence-corrected chi connectivity index (χ0v) is 10.2. The molecule has 2 aromatic rings. The second kappa shape index (κ2) is 3.96. The van der Waals surface area contributed by atoms with Crippen LogP contribution in [0.4, 0.5) is 0 Å². The molecule has 0 aromatic carbocycles. The standard InChI is InChI=1S/C13H16N2O2/c1-13(2,3)11(17)10(16)9-7-15-12-8(9)5-4-6-14-12/h4-7,10,16H,1-3H3,(H,14,15). The highest BCUT2D eigenvalue weighted by atomic mass is 16.3. The maximum atomic E-state index is 12.0. The first-order chi connectivity index (χ1) is 7.91. The van der Waals surface area contributed by atoms with Crippen LogP contribution in [0.5, 0.6) is 0 Å².